The molecule has 1 saturated heterocycles. The van der Waals surface area contributed by atoms with Gasteiger partial charge >= 0.3 is 0 Å². The van der Waals surface area contributed by atoms with Gasteiger partial charge in [-0.25, -0.2) is 4.98 Å². The maximum atomic E-state index is 8.25. The fraction of sp³-hybridized carbons (Fsp3) is 0.550. The molecule has 2 rings (SSSR count). The van der Waals surface area contributed by atoms with E-state index in [1.54, 1.807) is 6.08 Å². The Morgan fingerprint density at radius 3 is 2.89 bits per heavy atom. The topological polar surface area (TPSA) is 102 Å². The van der Waals surface area contributed by atoms with E-state index in [-0.39, 0.29) is 11.6 Å². The van der Waals surface area contributed by atoms with Crippen LogP contribution in [0.2, 0.25) is 0 Å². The van der Waals surface area contributed by atoms with Gasteiger partial charge in [-0.1, -0.05) is 19.6 Å². The summed E-state index contributed by atoms with van der Waals surface area (Å²) in [6.45, 7) is 11.2. The van der Waals surface area contributed by atoms with Crippen LogP contribution in [0.4, 0.5) is 5.82 Å². The molecule has 1 aromatic rings. The number of anilines is 1. The van der Waals surface area contributed by atoms with Crippen molar-refractivity contribution in [1.82, 2.24) is 9.88 Å². The van der Waals surface area contributed by atoms with Crippen LogP contribution in [0.3, 0.4) is 0 Å². The normalized spacial score (nSPS) is 19.6. The summed E-state index contributed by atoms with van der Waals surface area (Å²) < 4.78 is 0. The minimum Gasteiger partial charge on any atom is -0.362 e. The first-order chi connectivity index (χ1) is 12.8. The molecule has 1 aliphatic heterocycles. The largest absolute Gasteiger partial charge is 0.362 e. The molecule has 0 radical (unpaired) electrons. The van der Waals surface area contributed by atoms with Gasteiger partial charge in [-0.2, -0.15) is 0 Å². The zero-order valence-corrected chi connectivity index (χ0v) is 17.4. The van der Waals surface area contributed by atoms with Gasteiger partial charge in [0.2, 0.25) is 0 Å². The average molecular weight is 389 g/mol. The van der Waals surface area contributed by atoms with Gasteiger partial charge in [0.15, 0.2) is 0 Å². The molecule has 2 atom stereocenters. The van der Waals surface area contributed by atoms with E-state index >= 15 is 0 Å². The van der Waals surface area contributed by atoms with E-state index in [0.717, 1.165) is 60.9 Å². The van der Waals surface area contributed by atoms with Crippen molar-refractivity contribution in [3.05, 3.63) is 30.9 Å². The second-order valence-corrected chi connectivity index (χ2v) is 8.36. The van der Waals surface area contributed by atoms with Crippen molar-refractivity contribution in [2.24, 2.45) is 11.1 Å². The lowest BCUT2D eigenvalue weighted by atomic mass is 9.91. The molecule has 5 N–H and O–H groups in total. The highest BCUT2D eigenvalue weighted by molar-refractivity contribution is 7.97. The molecule has 148 valence electrons. The van der Waals surface area contributed by atoms with Crippen LogP contribution in [0.25, 0.3) is 0 Å². The molecule has 27 heavy (non-hydrogen) atoms. The first-order valence-corrected chi connectivity index (χ1v) is 10.3. The molecule has 1 aliphatic rings. The van der Waals surface area contributed by atoms with Crippen LogP contribution in [0.1, 0.15) is 46.5 Å². The number of hydrogen-bond donors (Lipinski definition) is 4. The maximum absolute atomic E-state index is 8.25. The Kier molecular flexibility index (Phi) is 7.44. The average Bonchev–Trinajstić information content (AvgIpc) is 2.98. The van der Waals surface area contributed by atoms with Gasteiger partial charge in [0.05, 0.1) is 17.6 Å². The summed E-state index contributed by atoms with van der Waals surface area (Å²) in [7, 11) is 0. The lowest BCUT2D eigenvalue weighted by molar-refractivity contribution is 0.276. The van der Waals surface area contributed by atoms with Crippen LogP contribution in [0.5, 0.6) is 0 Å². The highest BCUT2D eigenvalue weighted by Crippen LogP contribution is 2.36. The summed E-state index contributed by atoms with van der Waals surface area (Å²) in [4.78, 5) is 6.69. The molecule has 0 unspecified atom stereocenters. The molecule has 1 aromatic heterocycles. The lowest BCUT2D eigenvalue weighted by Gasteiger charge is -2.33. The van der Waals surface area contributed by atoms with E-state index < -0.39 is 0 Å². The van der Waals surface area contributed by atoms with E-state index in [9.17, 15) is 0 Å². The summed E-state index contributed by atoms with van der Waals surface area (Å²) in [5.41, 5.74) is 0.499. The second kappa shape index (κ2) is 9.37. The Bertz CT molecular complexity index is 687. The minimum absolute atomic E-state index is 0.0286. The van der Waals surface area contributed by atoms with Gasteiger partial charge in [-0.05, 0) is 69.2 Å². The highest BCUT2D eigenvalue weighted by atomic mass is 32.2. The molecular formula is C20H32N6S. The Morgan fingerprint density at radius 2 is 2.26 bits per heavy atom. The molecular weight excluding hydrogens is 356 g/mol. The van der Waals surface area contributed by atoms with Gasteiger partial charge in [-0.15, -0.1) is 0 Å². The van der Waals surface area contributed by atoms with E-state index in [1.165, 1.54) is 0 Å². The van der Waals surface area contributed by atoms with Gasteiger partial charge < -0.3 is 15.6 Å². The molecule has 0 saturated carbocycles. The van der Waals surface area contributed by atoms with Crippen LogP contribution in [-0.2, 0) is 0 Å². The van der Waals surface area contributed by atoms with E-state index in [0.29, 0.717) is 11.6 Å². The van der Waals surface area contributed by atoms with Crippen molar-refractivity contribution >= 4 is 29.3 Å². The zero-order valence-electron chi connectivity index (χ0n) is 16.6. The number of likely N-dealkylation sites (tertiary alicyclic amines) is 1. The predicted molar refractivity (Wildman–Crippen MR) is 116 cm³/mol. The summed E-state index contributed by atoms with van der Waals surface area (Å²) in [6.07, 6.45) is 5.26. The molecule has 1 fully saturated rings. The molecule has 6 nitrogen and oxygen atoms in total. The number of nitrogens with one attached hydrogen (secondary N) is 3. The number of nitrogens with zero attached hydrogens (tertiary/aromatic N) is 2. The molecule has 2 heterocycles. The van der Waals surface area contributed by atoms with E-state index in [1.807, 2.05) is 25.1 Å². The third-order valence-electron chi connectivity index (χ3n) is 5.25. The highest BCUT2D eigenvalue weighted by Gasteiger charge is 2.39. The Labute approximate surface area is 167 Å². The number of nitrogens with two attached hydrogens (primary N) is 1. The standard InChI is InChI=1S/C20H32N6S/c1-5-15(21)16(24-18-8-7-9-19(25-18)27-23)11-10-14-12-20(3,4)26(13-14)17(22)6-2/h5,7-9,14,16,21-22H,1,6,10-13,23H2,2-4H3,(H,24,25)/t14-,16+/m0/s1. The summed E-state index contributed by atoms with van der Waals surface area (Å²) in [5, 5.41) is 26.2. The molecule has 7 heteroatoms. The predicted octanol–water partition coefficient (Wildman–Crippen LogP) is 4.30. The van der Waals surface area contributed by atoms with Crippen LogP contribution in [0, 0.1) is 16.7 Å². The summed E-state index contributed by atoms with van der Waals surface area (Å²) in [6, 6.07) is 5.54. The summed E-state index contributed by atoms with van der Waals surface area (Å²) in [5.74, 6) is 1.97. The fourth-order valence-corrected chi connectivity index (χ4v) is 4.14. The second-order valence-electron chi connectivity index (χ2n) is 7.71. The van der Waals surface area contributed by atoms with Crippen molar-refractivity contribution in [3.63, 3.8) is 0 Å². The van der Waals surface area contributed by atoms with Crippen LogP contribution >= 0.6 is 11.9 Å². The number of rotatable bonds is 9. The van der Waals surface area contributed by atoms with Crippen molar-refractivity contribution in [3.8, 4) is 0 Å². The van der Waals surface area contributed by atoms with Gasteiger partial charge in [0, 0.05) is 18.5 Å². The van der Waals surface area contributed by atoms with E-state index in [2.05, 4.69) is 35.6 Å². The van der Waals surface area contributed by atoms with Crippen LogP contribution in [0.15, 0.2) is 35.9 Å². The Morgan fingerprint density at radius 1 is 1.52 bits per heavy atom. The smallest absolute Gasteiger partial charge is 0.127 e. The monoisotopic (exact) mass is 388 g/mol. The maximum Gasteiger partial charge on any atom is 0.127 e. The van der Waals surface area contributed by atoms with Crippen molar-refractivity contribution in [1.29, 1.82) is 10.8 Å². The van der Waals surface area contributed by atoms with Crippen LogP contribution < -0.4 is 10.5 Å². The third kappa shape index (κ3) is 5.56. The van der Waals surface area contributed by atoms with Gasteiger partial charge in [0.1, 0.15) is 10.8 Å². The molecule has 0 aromatic carbocycles. The molecule has 0 aliphatic carbocycles. The van der Waals surface area contributed by atoms with Crippen molar-refractivity contribution in [2.75, 3.05) is 11.9 Å². The SMILES string of the molecule is C=CC(=N)[C@@H](CC[C@@H]1CN(C(=N)CC)C(C)(C)C1)Nc1cccc(SN)n1. The number of hydrogen-bond acceptors (Lipinski definition) is 6. The minimum atomic E-state index is -0.129. The number of pyridine rings is 1. The fourth-order valence-electron chi connectivity index (χ4n) is 3.84. The Hall–Kier alpha value is -1.86. The molecule has 0 bridgehead atoms. The summed E-state index contributed by atoms with van der Waals surface area (Å²) >= 11 is 1.11. The van der Waals surface area contributed by atoms with Gasteiger partial charge in [-0.3, -0.25) is 10.5 Å². The third-order valence-corrected chi connectivity index (χ3v) is 5.71. The lowest BCUT2D eigenvalue weighted by Crippen LogP contribution is -2.41. The van der Waals surface area contributed by atoms with Gasteiger partial charge in [0.25, 0.3) is 0 Å². The van der Waals surface area contributed by atoms with Crippen molar-refractivity contribution < 1.29 is 0 Å². The Balaban J connectivity index is 2.01. The molecule has 0 amide bonds. The van der Waals surface area contributed by atoms with Crippen LogP contribution in [-0.4, -0.2) is 39.6 Å². The number of aromatic nitrogens is 1. The molecule has 0 spiro atoms. The first-order valence-electron chi connectivity index (χ1n) is 9.47. The number of amidine groups is 1. The zero-order chi connectivity index (χ0) is 20.0. The quantitative estimate of drug-likeness (QED) is 0.287. The first kappa shape index (κ1) is 21.4. The van der Waals surface area contributed by atoms with E-state index in [4.69, 9.17) is 16.0 Å². The van der Waals surface area contributed by atoms with Crippen molar-refractivity contribution in [2.45, 2.75) is 63.1 Å².